The van der Waals surface area contributed by atoms with Crippen molar-refractivity contribution in [1.29, 1.82) is 0 Å². The number of benzene rings is 1. The van der Waals surface area contributed by atoms with Gasteiger partial charge in [0.05, 0.1) is 19.8 Å². The fraction of sp³-hybridized carbons (Fsp3) is 0.619. The Kier molecular flexibility index (Phi) is 10.3. The first-order valence-electron chi connectivity index (χ1n) is 10.2. The fourth-order valence-corrected chi connectivity index (χ4v) is 3.90. The number of hydrogen-bond acceptors (Lipinski definition) is 4. The number of ether oxygens (including phenoxy) is 2. The molecule has 1 N–H and O–H groups in total. The van der Waals surface area contributed by atoms with E-state index in [1.54, 1.807) is 20.2 Å². The third-order valence-corrected chi connectivity index (χ3v) is 5.54. The molecule has 1 aromatic carbocycles. The van der Waals surface area contributed by atoms with Crippen molar-refractivity contribution in [2.75, 3.05) is 53.6 Å². The van der Waals surface area contributed by atoms with E-state index < -0.39 is 0 Å². The molecular weight excluding hydrogens is 502 g/mol. The number of hydrogen-bond donors (Lipinski definition) is 1. The Bertz CT molecular complexity index is 720. The molecule has 0 aromatic heterocycles. The summed E-state index contributed by atoms with van der Waals surface area (Å²) in [6, 6.07) is 5.05. The predicted molar refractivity (Wildman–Crippen MR) is 124 cm³/mol. The van der Waals surface area contributed by atoms with E-state index in [1.807, 2.05) is 11.0 Å². The highest BCUT2D eigenvalue weighted by Gasteiger charge is 2.30. The highest BCUT2D eigenvalue weighted by Crippen LogP contribution is 2.20. The number of halogens is 2. The lowest BCUT2D eigenvalue weighted by Crippen LogP contribution is -2.49. The van der Waals surface area contributed by atoms with Gasteiger partial charge in [0.2, 0.25) is 5.91 Å². The minimum absolute atomic E-state index is 0. The van der Waals surface area contributed by atoms with Crippen LogP contribution in [0.1, 0.15) is 24.0 Å². The number of rotatable bonds is 5. The molecule has 0 spiro atoms. The lowest BCUT2D eigenvalue weighted by molar-refractivity contribution is -0.140. The molecule has 0 atom stereocenters. The second kappa shape index (κ2) is 12.4. The average Bonchev–Trinajstić information content (AvgIpc) is 2.77. The van der Waals surface area contributed by atoms with Gasteiger partial charge in [-0.3, -0.25) is 9.79 Å². The van der Waals surface area contributed by atoms with Gasteiger partial charge < -0.3 is 24.6 Å². The van der Waals surface area contributed by atoms with Crippen LogP contribution in [-0.2, 0) is 27.4 Å². The van der Waals surface area contributed by atoms with Crippen LogP contribution < -0.4 is 5.32 Å². The van der Waals surface area contributed by atoms with Crippen LogP contribution in [0.25, 0.3) is 0 Å². The lowest BCUT2D eigenvalue weighted by Gasteiger charge is -2.36. The molecule has 2 heterocycles. The van der Waals surface area contributed by atoms with Crippen LogP contribution in [0.3, 0.4) is 0 Å². The van der Waals surface area contributed by atoms with Gasteiger partial charge in [-0.2, -0.15) is 0 Å². The Hall–Kier alpha value is -1.46. The van der Waals surface area contributed by atoms with Crippen LogP contribution >= 0.6 is 24.0 Å². The quantitative estimate of drug-likeness (QED) is 0.357. The van der Waals surface area contributed by atoms with E-state index in [-0.39, 0.29) is 48.2 Å². The summed E-state index contributed by atoms with van der Waals surface area (Å²) in [6.45, 7) is 5.05. The van der Waals surface area contributed by atoms with E-state index in [0.29, 0.717) is 38.4 Å². The third-order valence-electron chi connectivity index (χ3n) is 5.54. The number of amides is 1. The fourth-order valence-electron chi connectivity index (χ4n) is 3.90. The van der Waals surface area contributed by atoms with Crippen molar-refractivity contribution in [3.63, 3.8) is 0 Å². The van der Waals surface area contributed by atoms with E-state index in [0.717, 1.165) is 37.5 Å². The summed E-state index contributed by atoms with van der Waals surface area (Å²) in [4.78, 5) is 21.2. The van der Waals surface area contributed by atoms with Gasteiger partial charge in [0.25, 0.3) is 0 Å². The Morgan fingerprint density at radius 2 is 1.93 bits per heavy atom. The van der Waals surface area contributed by atoms with Crippen LogP contribution in [0.15, 0.2) is 23.2 Å². The maximum absolute atomic E-state index is 13.8. The Labute approximate surface area is 195 Å². The number of methoxy groups -OCH3 is 1. The van der Waals surface area contributed by atoms with Gasteiger partial charge in [-0.25, -0.2) is 4.39 Å². The van der Waals surface area contributed by atoms with Crippen molar-refractivity contribution in [1.82, 2.24) is 15.1 Å². The highest BCUT2D eigenvalue weighted by molar-refractivity contribution is 14.0. The molecule has 2 fully saturated rings. The molecule has 1 amide bonds. The SMILES string of the molecule is CN=C(NCc1ccc(F)c(COC)c1)N1CCC(C(=O)N2CCOCC2)CC1.I. The number of guanidine groups is 1. The molecule has 30 heavy (non-hydrogen) atoms. The average molecular weight is 534 g/mol. The summed E-state index contributed by atoms with van der Waals surface area (Å²) < 4.78 is 24.2. The van der Waals surface area contributed by atoms with Crippen LogP contribution in [0, 0.1) is 11.7 Å². The molecule has 9 heteroatoms. The molecule has 0 unspecified atom stereocenters. The van der Waals surface area contributed by atoms with Crippen molar-refractivity contribution >= 4 is 35.8 Å². The summed E-state index contributed by atoms with van der Waals surface area (Å²) in [6.07, 6.45) is 1.65. The number of morpholine rings is 1. The lowest BCUT2D eigenvalue weighted by atomic mass is 9.95. The first-order chi connectivity index (χ1) is 14.1. The molecule has 1 aromatic rings. The molecule has 2 saturated heterocycles. The number of nitrogens with zero attached hydrogens (tertiary/aromatic N) is 3. The van der Waals surface area contributed by atoms with Gasteiger partial charge in [0.15, 0.2) is 5.96 Å². The second-order valence-electron chi connectivity index (χ2n) is 7.46. The van der Waals surface area contributed by atoms with Crippen LogP contribution in [-0.4, -0.2) is 75.2 Å². The summed E-state index contributed by atoms with van der Waals surface area (Å²) >= 11 is 0. The van der Waals surface area contributed by atoms with Crippen LogP contribution in [0.5, 0.6) is 0 Å². The van der Waals surface area contributed by atoms with E-state index in [9.17, 15) is 9.18 Å². The van der Waals surface area contributed by atoms with Crippen molar-refractivity contribution in [2.45, 2.75) is 26.0 Å². The van der Waals surface area contributed by atoms with Crippen molar-refractivity contribution in [3.8, 4) is 0 Å². The molecule has 0 radical (unpaired) electrons. The monoisotopic (exact) mass is 534 g/mol. The minimum atomic E-state index is -0.257. The van der Waals surface area contributed by atoms with Crippen molar-refractivity contribution in [2.24, 2.45) is 10.9 Å². The van der Waals surface area contributed by atoms with E-state index in [2.05, 4.69) is 15.2 Å². The van der Waals surface area contributed by atoms with E-state index in [4.69, 9.17) is 9.47 Å². The van der Waals surface area contributed by atoms with Gasteiger partial charge in [-0.1, -0.05) is 6.07 Å². The minimum Gasteiger partial charge on any atom is -0.380 e. The standard InChI is InChI=1S/C21H31FN4O3.HI/c1-23-21(24-14-16-3-4-19(22)18(13-16)15-28-2)26-7-5-17(6-8-26)20(27)25-9-11-29-12-10-25;/h3-4,13,17H,5-12,14-15H2,1-2H3,(H,23,24);1H. The zero-order valence-electron chi connectivity index (χ0n) is 17.7. The van der Waals surface area contributed by atoms with Gasteiger partial charge in [0.1, 0.15) is 5.82 Å². The van der Waals surface area contributed by atoms with Gasteiger partial charge in [-0.05, 0) is 30.5 Å². The van der Waals surface area contributed by atoms with Crippen molar-refractivity contribution < 1.29 is 18.7 Å². The van der Waals surface area contributed by atoms with Gasteiger partial charge >= 0.3 is 0 Å². The molecule has 0 bridgehead atoms. The summed E-state index contributed by atoms with van der Waals surface area (Å²) in [5, 5.41) is 3.35. The number of piperidine rings is 1. The molecule has 2 aliphatic rings. The van der Waals surface area contributed by atoms with E-state index in [1.165, 1.54) is 6.07 Å². The number of carbonyl (C=O) groups is 1. The molecule has 7 nitrogen and oxygen atoms in total. The molecule has 0 saturated carbocycles. The normalized spacial score (nSPS) is 18.2. The Balaban J connectivity index is 0.00000320. The third kappa shape index (κ3) is 6.52. The van der Waals surface area contributed by atoms with Crippen LogP contribution in [0.4, 0.5) is 4.39 Å². The number of likely N-dealkylation sites (tertiary alicyclic amines) is 1. The van der Waals surface area contributed by atoms with E-state index >= 15 is 0 Å². The topological polar surface area (TPSA) is 66.4 Å². The van der Waals surface area contributed by atoms with Crippen molar-refractivity contribution in [3.05, 3.63) is 35.1 Å². The maximum atomic E-state index is 13.8. The molecule has 168 valence electrons. The molecule has 0 aliphatic carbocycles. The molecular formula is C21H32FIN4O3. The summed E-state index contributed by atoms with van der Waals surface area (Å²) in [7, 11) is 3.31. The summed E-state index contributed by atoms with van der Waals surface area (Å²) in [5.41, 5.74) is 1.52. The number of aliphatic imine (C=N–C) groups is 1. The highest BCUT2D eigenvalue weighted by atomic mass is 127. The number of nitrogens with one attached hydrogen (secondary N) is 1. The number of carbonyl (C=O) groups excluding carboxylic acids is 1. The second-order valence-corrected chi connectivity index (χ2v) is 7.46. The molecule has 3 rings (SSSR count). The zero-order valence-corrected chi connectivity index (χ0v) is 20.1. The summed E-state index contributed by atoms with van der Waals surface area (Å²) in [5.74, 6) is 0.885. The molecule has 2 aliphatic heterocycles. The largest absolute Gasteiger partial charge is 0.380 e. The first-order valence-corrected chi connectivity index (χ1v) is 10.2. The Morgan fingerprint density at radius 3 is 2.57 bits per heavy atom. The predicted octanol–water partition coefficient (Wildman–Crippen LogP) is 2.24. The van der Waals surface area contributed by atoms with Crippen LogP contribution in [0.2, 0.25) is 0 Å². The Morgan fingerprint density at radius 1 is 1.23 bits per heavy atom. The van der Waals surface area contributed by atoms with Gasteiger partial charge in [0, 0.05) is 58.4 Å². The first kappa shape index (κ1) is 24.8. The van der Waals surface area contributed by atoms with Gasteiger partial charge in [-0.15, -0.1) is 24.0 Å². The zero-order chi connectivity index (χ0) is 20.6. The smallest absolute Gasteiger partial charge is 0.225 e. The maximum Gasteiger partial charge on any atom is 0.225 e.